The fraction of sp³-hybridized carbons (Fsp3) is 0.750. The summed E-state index contributed by atoms with van der Waals surface area (Å²) in [4.78, 5) is 6.73. The van der Waals surface area contributed by atoms with Gasteiger partial charge in [-0.1, -0.05) is 12.8 Å². The number of hydrogen-bond acceptors (Lipinski definition) is 4. The second-order valence-electron chi connectivity index (χ2n) is 7.94. The number of likely N-dealkylation sites (tertiary alicyclic amines) is 1. The highest BCUT2D eigenvalue weighted by atomic mass is 16.6. The Morgan fingerprint density at radius 2 is 1.92 bits per heavy atom. The van der Waals surface area contributed by atoms with Crippen molar-refractivity contribution in [3.63, 3.8) is 0 Å². The van der Waals surface area contributed by atoms with Gasteiger partial charge in [-0.05, 0) is 49.3 Å². The fourth-order valence-corrected chi connectivity index (χ4v) is 4.65. The summed E-state index contributed by atoms with van der Waals surface area (Å²) in [5.74, 6) is 0.958. The molecule has 2 aliphatic heterocycles. The smallest absolute Gasteiger partial charge is 0.0840 e. The van der Waals surface area contributed by atoms with Crippen molar-refractivity contribution in [1.82, 2.24) is 9.88 Å². The highest BCUT2D eigenvalue weighted by molar-refractivity contribution is 5.08. The summed E-state index contributed by atoms with van der Waals surface area (Å²) in [6, 6.07) is 4.04. The molecule has 3 fully saturated rings. The van der Waals surface area contributed by atoms with Crippen LogP contribution >= 0.6 is 0 Å². The van der Waals surface area contributed by atoms with E-state index < -0.39 is 0 Å². The van der Waals surface area contributed by atoms with Gasteiger partial charge in [0.15, 0.2) is 0 Å². The Balaban J connectivity index is 1.21. The lowest BCUT2D eigenvalue weighted by Gasteiger charge is -2.39. The Morgan fingerprint density at radius 1 is 1.17 bits per heavy atom. The molecule has 1 unspecified atom stereocenters. The first-order chi connectivity index (χ1) is 11.8. The molecule has 1 aromatic heterocycles. The predicted molar refractivity (Wildman–Crippen MR) is 93.7 cm³/mol. The van der Waals surface area contributed by atoms with Crippen molar-refractivity contribution in [2.75, 3.05) is 26.2 Å². The van der Waals surface area contributed by atoms with Crippen molar-refractivity contribution in [2.24, 2.45) is 5.92 Å². The minimum atomic E-state index is 0.0923. The molecule has 0 amide bonds. The average Bonchev–Trinajstić information content (AvgIpc) is 3.27. The van der Waals surface area contributed by atoms with Gasteiger partial charge in [-0.3, -0.25) is 4.98 Å². The van der Waals surface area contributed by atoms with E-state index in [1.807, 2.05) is 24.5 Å². The van der Waals surface area contributed by atoms with Crippen molar-refractivity contribution in [1.29, 1.82) is 0 Å². The van der Waals surface area contributed by atoms with E-state index in [1.165, 1.54) is 63.7 Å². The number of ether oxygens (including phenoxy) is 2. The van der Waals surface area contributed by atoms with E-state index in [4.69, 9.17) is 9.47 Å². The maximum Gasteiger partial charge on any atom is 0.0840 e. The van der Waals surface area contributed by atoms with Crippen LogP contribution in [0.2, 0.25) is 0 Å². The topological polar surface area (TPSA) is 34.6 Å². The van der Waals surface area contributed by atoms with E-state index >= 15 is 0 Å². The van der Waals surface area contributed by atoms with E-state index in [0.717, 1.165) is 18.9 Å². The standard InChI is InChI=1S/C20H30N2O2/c1-2-4-17(3-1)14-22-11-7-20(8-12-22)13-19(16-24-20)23-15-18-5-9-21-10-6-18/h5-6,9-10,17,19H,1-4,7-8,11-16H2. The molecule has 1 aromatic rings. The third-order valence-electron chi connectivity index (χ3n) is 6.17. The Labute approximate surface area is 145 Å². The molecule has 132 valence electrons. The lowest BCUT2D eigenvalue weighted by Crippen LogP contribution is -2.45. The number of aromatic nitrogens is 1. The van der Waals surface area contributed by atoms with Crippen LogP contribution in [0.3, 0.4) is 0 Å². The average molecular weight is 330 g/mol. The number of pyridine rings is 1. The summed E-state index contributed by atoms with van der Waals surface area (Å²) >= 11 is 0. The fourth-order valence-electron chi connectivity index (χ4n) is 4.65. The normalized spacial score (nSPS) is 27.9. The zero-order valence-corrected chi connectivity index (χ0v) is 14.7. The summed E-state index contributed by atoms with van der Waals surface area (Å²) < 4.78 is 12.3. The Morgan fingerprint density at radius 3 is 2.67 bits per heavy atom. The van der Waals surface area contributed by atoms with Gasteiger partial charge in [0.2, 0.25) is 0 Å². The molecule has 1 spiro atoms. The van der Waals surface area contributed by atoms with E-state index in [2.05, 4.69) is 9.88 Å². The molecular weight excluding hydrogens is 300 g/mol. The van der Waals surface area contributed by atoms with Crippen LogP contribution in [-0.2, 0) is 16.1 Å². The molecule has 4 rings (SSSR count). The molecule has 3 aliphatic rings. The van der Waals surface area contributed by atoms with Gasteiger partial charge in [-0.15, -0.1) is 0 Å². The summed E-state index contributed by atoms with van der Waals surface area (Å²) in [6.07, 6.45) is 13.1. The Hall–Kier alpha value is -0.970. The molecule has 0 bridgehead atoms. The van der Waals surface area contributed by atoms with Crippen molar-refractivity contribution >= 4 is 0 Å². The third kappa shape index (κ3) is 3.98. The van der Waals surface area contributed by atoms with Gasteiger partial charge in [0.1, 0.15) is 0 Å². The van der Waals surface area contributed by atoms with Crippen LogP contribution in [0.25, 0.3) is 0 Å². The van der Waals surface area contributed by atoms with Crippen LogP contribution in [0.5, 0.6) is 0 Å². The number of hydrogen-bond donors (Lipinski definition) is 0. The summed E-state index contributed by atoms with van der Waals surface area (Å²) in [6.45, 7) is 5.15. The maximum absolute atomic E-state index is 6.24. The van der Waals surface area contributed by atoms with Gasteiger partial charge in [-0.25, -0.2) is 0 Å². The first-order valence-corrected chi connectivity index (χ1v) is 9.68. The van der Waals surface area contributed by atoms with E-state index in [0.29, 0.717) is 6.61 Å². The molecule has 1 atom stereocenters. The van der Waals surface area contributed by atoms with Gasteiger partial charge < -0.3 is 14.4 Å². The summed E-state index contributed by atoms with van der Waals surface area (Å²) in [5.41, 5.74) is 1.28. The molecule has 4 nitrogen and oxygen atoms in total. The summed E-state index contributed by atoms with van der Waals surface area (Å²) in [7, 11) is 0. The van der Waals surface area contributed by atoms with Gasteiger partial charge in [-0.2, -0.15) is 0 Å². The molecule has 2 saturated heterocycles. The highest BCUT2D eigenvalue weighted by Gasteiger charge is 2.43. The molecular formula is C20H30N2O2. The zero-order valence-electron chi connectivity index (χ0n) is 14.7. The van der Waals surface area contributed by atoms with Crippen molar-refractivity contribution in [3.05, 3.63) is 30.1 Å². The molecule has 1 aliphatic carbocycles. The molecule has 4 heteroatoms. The zero-order chi connectivity index (χ0) is 16.2. The third-order valence-corrected chi connectivity index (χ3v) is 6.17. The molecule has 0 N–H and O–H groups in total. The van der Waals surface area contributed by atoms with Crippen LogP contribution in [0.1, 0.15) is 50.5 Å². The van der Waals surface area contributed by atoms with E-state index in [-0.39, 0.29) is 11.7 Å². The number of nitrogens with zero attached hydrogens (tertiary/aromatic N) is 2. The van der Waals surface area contributed by atoms with Crippen molar-refractivity contribution in [3.8, 4) is 0 Å². The molecule has 0 radical (unpaired) electrons. The second-order valence-corrected chi connectivity index (χ2v) is 7.94. The van der Waals surface area contributed by atoms with Crippen LogP contribution in [0.4, 0.5) is 0 Å². The SMILES string of the molecule is c1cc(COC2COC3(CCN(CC4CCCC4)CC3)C2)ccn1. The Bertz CT molecular complexity index is 508. The lowest BCUT2D eigenvalue weighted by molar-refractivity contribution is -0.0473. The monoisotopic (exact) mass is 330 g/mol. The maximum atomic E-state index is 6.24. The molecule has 3 heterocycles. The number of rotatable bonds is 5. The van der Waals surface area contributed by atoms with Crippen molar-refractivity contribution in [2.45, 2.75) is 63.3 Å². The number of piperidine rings is 1. The molecule has 24 heavy (non-hydrogen) atoms. The second kappa shape index (κ2) is 7.51. The molecule has 0 aromatic carbocycles. The first kappa shape index (κ1) is 16.5. The van der Waals surface area contributed by atoms with Crippen molar-refractivity contribution < 1.29 is 9.47 Å². The minimum absolute atomic E-state index is 0.0923. The largest absolute Gasteiger partial charge is 0.372 e. The lowest BCUT2D eigenvalue weighted by atomic mass is 9.87. The van der Waals surface area contributed by atoms with Gasteiger partial charge in [0, 0.05) is 38.4 Å². The summed E-state index contributed by atoms with van der Waals surface area (Å²) in [5, 5.41) is 0. The van der Waals surface area contributed by atoms with Crippen LogP contribution < -0.4 is 0 Å². The van der Waals surface area contributed by atoms with E-state index in [1.54, 1.807) is 0 Å². The minimum Gasteiger partial charge on any atom is -0.372 e. The van der Waals surface area contributed by atoms with Gasteiger partial charge in [0.05, 0.1) is 24.9 Å². The highest BCUT2D eigenvalue weighted by Crippen LogP contribution is 2.38. The van der Waals surface area contributed by atoms with Crippen LogP contribution in [0.15, 0.2) is 24.5 Å². The molecule has 1 saturated carbocycles. The van der Waals surface area contributed by atoms with Crippen LogP contribution in [-0.4, -0.2) is 47.8 Å². The van der Waals surface area contributed by atoms with Gasteiger partial charge >= 0.3 is 0 Å². The Kier molecular flexibility index (Phi) is 5.16. The van der Waals surface area contributed by atoms with Crippen LogP contribution in [0, 0.1) is 5.92 Å². The van der Waals surface area contributed by atoms with E-state index in [9.17, 15) is 0 Å². The predicted octanol–water partition coefficient (Wildman–Crippen LogP) is 3.41. The first-order valence-electron chi connectivity index (χ1n) is 9.68. The quantitative estimate of drug-likeness (QED) is 0.829. The van der Waals surface area contributed by atoms with Gasteiger partial charge in [0.25, 0.3) is 0 Å².